The summed E-state index contributed by atoms with van der Waals surface area (Å²) >= 11 is 0. The van der Waals surface area contributed by atoms with Crippen molar-refractivity contribution < 1.29 is 13.6 Å². The second kappa shape index (κ2) is 9.39. The summed E-state index contributed by atoms with van der Waals surface area (Å²) in [5.41, 5.74) is 1.25. The van der Waals surface area contributed by atoms with Gasteiger partial charge in [-0.3, -0.25) is 0 Å². The molecule has 0 N–H and O–H groups in total. The first-order valence-electron chi connectivity index (χ1n) is 12.9. The van der Waals surface area contributed by atoms with Crippen LogP contribution in [0.25, 0.3) is 0 Å². The van der Waals surface area contributed by atoms with Crippen LogP contribution in [-0.2, 0) is 4.79 Å². The Morgan fingerprint density at radius 3 is 2.00 bits per heavy atom. The van der Waals surface area contributed by atoms with Crippen LogP contribution in [0, 0.1) is 28.6 Å². The Hall–Kier alpha value is -0.760. The third-order valence-electron chi connectivity index (χ3n) is 10.1. The number of carbonyl (C=O) groups excluding carboxylic acids is 1. The summed E-state index contributed by atoms with van der Waals surface area (Å²) in [6.07, 6.45) is 18.5. The van der Waals surface area contributed by atoms with Gasteiger partial charge in [-0.25, -0.2) is 13.6 Å². The first-order chi connectivity index (χ1) is 14.5. The van der Waals surface area contributed by atoms with E-state index in [2.05, 4.69) is 11.9 Å². The molecule has 2 unspecified atom stereocenters. The average molecular weight is 422 g/mol. The first-order valence-corrected chi connectivity index (χ1v) is 12.9. The van der Waals surface area contributed by atoms with Crippen LogP contribution in [0.3, 0.4) is 0 Å². The molecule has 2 nitrogen and oxygen atoms in total. The maximum absolute atomic E-state index is 14.4. The van der Waals surface area contributed by atoms with Crippen LogP contribution in [-0.4, -0.2) is 24.5 Å². The lowest BCUT2D eigenvalue weighted by Gasteiger charge is -2.58. The zero-order valence-electron chi connectivity index (χ0n) is 18.9. The summed E-state index contributed by atoms with van der Waals surface area (Å²) in [4.78, 5) is 13.9. The molecule has 0 heterocycles. The molecule has 5 aliphatic carbocycles. The van der Waals surface area contributed by atoms with Crippen LogP contribution >= 0.6 is 0 Å². The Bertz CT molecular complexity index is 586. The summed E-state index contributed by atoms with van der Waals surface area (Å²) in [6.45, 7) is 2.30. The lowest BCUT2D eigenvalue weighted by molar-refractivity contribution is -0.0694. The van der Waals surface area contributed by atoms with Crippen LogP contribution in [0.1, 0.15) is 110 Å². The molecule has 0 aromatic rings. The molecule has 2 bridgehead atoms. The topological polar surface area (TPSA) is 29.4 Å². The van der Waals surface area contributed by atoms with E-state index in [0.717, 1.165) is 18.8 Å². The zero-order chi connectivity index (χ0) is 21.2. The molecule has 5 rings (SSSR count). The molecule has 5 fully saturated rings. The minimum Gasteiger partial charge on any atom is -0.245 e. The molecule has 5 aliphatic rings. The Morgan fingerprint density at radius 1 is 0.867 bits per heavy atom. The van der Waals surface area contributed by atoms with Crippen molar-refractivity contribution in [2.45, 2.75) is 128 Å². The molecule has 0 spiro atoms. The second-order valence-corrected chi connectivity index (χ2v) is 11.4. The van der Waals surface area contributed by atoms with Crippen molar-refractivity contribution in [3.05, 3.63) is 0 Å². The number of halogens is 2. The molecular weight excluding hydrogens is 380 g/mol. The van der Waals surface area contributed by atoms with Crippen LogP contribution in [0.5, 0.6) is 0 Å². The molecule has 0 aliphatic heterocycles. The number of hydrogen-bond donors (Lipinski definition) is 0. The highest BCUT2D eigenvalue weighted by Gasteiger charge is 2.52. The predicted octanol–water partition coefficient (Wildman–Crippen LogP) is 7.50. The van der Waals surface area contributed by atoms with Crippen molar-refractivity contribution in [2.75, 3.05) is 0 Å². The van der Waals surface area contributed by atoms with Gasteiger partial charge in [0.15, 0.2) is 0 Å². The number of rotatable bonds is 7. The van der Waals surface area contributed by atoms with Gasteiger partial charge in [0.1, 0.15) is 18.4 Å². The van der Waals surface area contributed by atoms with Crippen LogP contribution in [0.4, 0.5) is 8.78 Å². The number of hydrogen-bond acceptors (Lipinski definition) is 2. The Labute approximate surface area is 181 Å². The summed E-state index contributed by atoms with van der Waals surface area (Å²) in [6, 6.07) is -1.11. The molecule has 0 aromatic heterocycles. The highest BCUT2D eigenvalue weighted by molar-refractivity contribution is 5.34. The molecule has 2 atom stereocenters. The van der Waals surface area contributed by atoms with Gasteiger partial charge in [0.2, 0.25) is 6.08 Å². The van der Waals surface area contributed by atoms with E-state index in [4.69, 9.17) is 0 Å². The monoisotopic (exact) mass is 421 g/mol. The Kier molecular flexibility index (Phi) is 7.02. The highest BCUT2D eigenvalue weighted by Crippen LogP contribution is 2.63. The van der Waals surface area contributed by atoms with E-state index >= 15 is 0 Å². The zero-order valence-corrected chi connectivity index (χ0v) is 18.9. The standard InChI is InChI=1S/C26H41F2NO/c1-2-3-4-9-25-10-13-26(14-11-25,15-12-25)21-7-5-19(6-8-21)20-16-22(27)24(29-18-30)23(28)17-20/h19-24H,2-17H2,1H3. The summed E-state index contributed by atoms with van der Waals surface area (Å²) < 4.78 is 28.8. The summed E-state index contributed by atoms with van der Waals surface area (Å²) in [5.74, 6) is 1.41. The number of unbranched alkanes of at least 4 members (excludes halogenated alkanes) is 2. The van der Waals surface area contributed by atoms with Gasteiger partial charge in [0.25, 0.3) is 0 Å². The third-order valence-corrected chi connectivity index (χ3v) is 10.1. The lowest BCUT2D eigenvalue weighted by atomic mass is 9.47. The van der Waals surface area contributed by atoms with Gasteiger partial charge in [-0.2, -0.15) is 4.99 Å². The quantitative estimate of drug-likeness (QED) is 0.238. The van der Waals surface area contributed by atoms with Crippen LogP contribution in [0.2, 0.25) is 0 Å². The van der Waals surface area contributed by atoms with Gasteiger partial charge in [-0.15, -0.1) is 0 Å². The van der Waals surface area contributed by atoms with E-state index in [-0.39, 0.29) is 5.92 Å². The molecule has 170 valence electrons. The second-order valence-electron chi connectivity index (χ2n) is 11.4. The van der Waals surface area contributed by atoms with E-state index in [0.29, 0.717) is 29.6 Å². The van der Waals surface area contributed by atoms with Crippen molar-refractivity contribution in [1.82, 2.24) is 0 Å². The summed E-state index contributed by atoms with van der Waals surface area (Å²) in [5, 5.41) is 0. The largest absolute Gasteiger partial charge is 0.245 e. The molecule has 0 amide bonds. The fourth-order valence-electron chi connectivity index (χ4n) is 8.02. The first kappa shape index (κ1) is 22.4. The van der Waals surface area contributed by atoms with Crippen LogP contribution < -0.4 is 0 Å². The van der Waals surface area contributed by atoms with Gasteiger partial charge in [0.05, 0.1) is 0 Å². The molecule has 0 radical (unpaired) electrons. The van der Waals surface area contributed by atoms with Crippen molar-refractivity contribution in [3.8, 4) is 0 Å². The van der Waals surface area contributed by atoms with Crippen LogP contribution in [0.15, 0.2) is 4.99 Å². The van der Waals surface area contributed by atoms with Crippen molar-refractivity contribution in [1.29, 1.82) is 0 Å². The molecule has 0 saturated heterocycles. The van der Waals surface area contributed by atoms with Crippen molar-refractivity contribution in [2.24, 2.45) is 33.6 Å². The van der Waals surface area contributed by atoms with E-state index in [1.165, 1.54) is 83.1 Å². The number of nitrogens with zero attached hydrogens (tertiary/aromatic N) is 1. The average Bonchev–Trinajstić information content (AvgIpc) is 2.78. The Balaban J connectivity index is 1.28. The predicted molar refractivity (Wildman–Crippen MR) is 117 cm³/mol. The molecule has 5 saturated carbocycles. The number of isocyanates is 1. The fourth-order valence-corrected chi connectivity index (χ4v) is 8.02. The number of aliphatic imine (C=N–C) groups is 1. The number of fused-ring (bicyclic) bond motifs is 3. The van der Waals surface area contributed by atoms with Crippen molar-refractivity contribution >= 4 is 6.08 Å². The molecular formula is C26H41F2NO. The van der Waals surface area contributed by atoms with Gasteiger partial charge < -0.3 is 0 Å². The SMILES string of the molecule is CCCCCC12CCC(C3CCC(C4CC(F)C(N=C=O)C(F)C4)CC3)(CC1)CC2. The third kappa shape index (κ3) is 4.41. The molecule has 30 heavy (non-hydrogen) atoms. The minimum absolute atomic E-state index is 0.121. The normalized spacial score (nSPS) is 46.4. The van der Waals surface area contributed by atoms with E-state index in [1.54, 1.807) is 0 Å². The smallest absolute Gasteiger partial charge is 0.235 e. The Morgan fingerprint density at radius 2 is 1.47 bits per heavy atom. The fraction of sp³-hybridized carbons (Fsp3) is 0.962. The highest BCUT2D eigenvalue weighted by atomic mass is 19.1. The van der Waals surface area contributed by atoms with Crippen molar-refractivity contribution in [3.63, 3.8) is 0 Å². The van der Waals surface area contributed by atoms with Gasteiger partial charge >= 0.3 is 0 Å². The van der Waals surface area contributed by atoms with E-state index < -0.39 is 18.4 Å². The summed E-state index contributed by atoms with van der Waals surface area (Å²) in [7, 11) is 0. The van der Waals surface area contributed by atoms with Gasteiger partial charge in [0, 0.05) is 0 Å². The van der Waals surface area contributed by atoms with Gasteiger partial charge in [-0.05, 0) is 112 Å². The van der Waals surface area contributed by atoms with E-state index in [9.17, 15) is 13.6 Å². The molecule has 0 aromatic carbocycles. The minimum atomic E-state index is -1.32. The van der Waals surface area contributed by atoms with E-state index in [1.807, 2.05) is 0 Å². The maximum atomic E-state index is 14.4. The lowest BCUT2D eigenvalue weighted by Crippen LogP contribution is -2.47. The molecule has 4 heteroatoms. The maximum Gasteiger partial charge on any atom is 0.235 e. The number of alkyl halides is 2. The van der Waals surface area contributed by atoms with Gasteiger partial charge in [-0.1, -0.05) is 26.2 Å².